The Bertz CT molecular complexity index is 2280. The van der Waals surface area contributed by atoms with E-state index in [1.807, 2.05) is 0 Å². The molecule has 5 heteroatoms. The van der Waals surface area contributed by atoms with E-state index >= 15 is 0 Å². The van der Waals surface area contributed by atoms with Crippen molar-refractivity contribution >= 4 is 29.7 Å². The Morgan fingerprint density at radius 1 is 0.545 bits per heavy atom. The molecule has 0 saturated carbocycles. The van der Waals surface area contributed by atoms with Crippen molar-refractivity contribution in [2.75, 3.05) is 0 Å². The Morgan fingerprint density at radius 3 is 1.47 bits per heavy atom. The van der Waals surface area contributed by atoms with Crippen LogP contribution in [0.5, 0.6) is 0 Å². The highest BCUT2D eigenvalue weighted by Gasteiger charge is 2.66. The summed E-state index contributed by atoms with van der Waals surface area (Å²) in [5.41, 5.74) is 14.8. The predicted octanol–water partition coefficient (Wildman–Crippen LogP) is 14.5. The van der Waals surface area contributed by atoms with Crippen molar-refractivity contribution in [1.29, 1.82) is 0 Å². The van der Waals surface area contributed by atoms with E-state index in [1.54, 1.807) is 0 Å². The van der Waals surface area contributed by atoms with Crippen molar-refractivity contribution in [2.45, 2.75) is 130 Å². The van der Waals surface area contributed by atoms with Gasteiger partial charge in [0.2, 0.25) is 5.79 Å². The molecular weight excluding hydrogens is 696 g/mol. The van der Waals surface area contributed by atoms with Crippen LogP contribution in [0.25, 0.3) is 21.9 Å². The second-order valence-electron chi connectivity index (χ2n) is 17.7. The van der Waals surface area contributed by atoms with Gasteiger partial charge in [-0.15, -0.1) is 0 Å². The van der Waals surface area contributed by atoms with Gasteiger partial charge in [-0.05, 0) is 113 Å². The molecule has 1 aliphatic carbocycles. The van der Waals surface area contributed by atoms with Gasteiger partial charge in [0.25, 0.3) is 0 Å². The van der Waals surface area contributed by atoms with Crippen LogP contribution in [0, 0.1) is 0 Å². The summed E-state index contributed by atoms with van der Waals surface area (Å²) in [7, 11) is -4.43. The minimum absolute atomic E-state index is 0.142. The normalized spacial score (nSPS) is 21.3. The third-order valence-corrected chi connectivity index (χ3v) is 12.9. The van der Waals surface area contributed by atoms with Gasteiger partial charge in [-0.3, -0.25) is 0 Å². The van der Waals surface area contributed by atoms with Gasteiger partial charge in [-0.2, -0.15) is 0 Å². The van der Waals surface area contributed by atoms with Crippen LogP contribution >= 0.6 is 7.82 Å². The molecule has 1 spiro atoms. The monoisotopic (exact) mass is 754 g/mol. The van der Waals surface area contributed by atoms with Gasteiger partial charge in [-0.1, -0.05) is 174 Å². The lowest BCUT2D eigenvalue weighted by atomic mass is 9.64. The van der Waals surface area contributed by atoms with E-state index in [9.17, 15) is 9.46 Å². The third-order valence-electron chi connectivity index (χ3n) is 11.9. The quantitative estimate of drug-likeness (QED) is 0.152. The van der Waals surface area contributed by atoms with Crippen LogP contribution in [-0.4, -0.2) is 10.7 Å². The fraction of sp³-hybridized carbons (Fsp3) is 0.400. The molecule has 288 valence electrons. The molecule has 55 heavy (non-hydrogen) atoms. The Hall–Kier alpha value is -3.79. The molecule has 2 aliphatic rings. The van der Waals surface area contributed by atoms with Crippen LogP contribution < -0.4 is 0 Å². The van der Waals surface area contributed by atoms with Crippen LogP contribution in [0.1, 0.15) is 186 Å². The summed E-state index contributed by atoms with van der Waals surface area (Å²) in [6, 6.07) is 32.9. The SMILES string of the molecule is CC(C)c1cc(C(C)C)c(C2=C(c3c(C(C)C)cc(C(C)C)cc3C(C)C)C3(OP(=O)(O)O3)C(c3cccc4ccccc34)c3ccccc32)c(C(C)C)c1. The van der Waals surface area contributed by atoms with Gasteiger partial charge >= 0.3 is 7.82 Å². The smallest absolute Gasteiger partial charge is 0.302 e. The summed E-state index contributed by atoms with van der Waals surface area (Å²) < 4.78 is 27.2. The molecule has 0 bridgehead atoms. The van der Waals surface area contributed by atoms with Gasteiger partial charge in [0.05, 0.1) is 5.92 Å². The zero-order valence-corrected chi connectivity index (χ0v) is 35.7. The highest BCUT2D eigenvalue weighted by Crippen LogP contribution is 2.73. The Morgan fingerprint density at radius 2 is 0.982 bits per heavy atom. The van der Waals surface area contributed by atoms with Crippen LogP contribution in [0.15, 0.2) is 91.0 Å². The van der Waals surface area contributed by atoms with E-state index < -0.39 is 19.5 Å². The fourth-order valence-corrected chi connectivity index (χ4v) is 10.2. The average molecular weight is 755 g/mol. The minimum atomic E-state index is -4.43. The van der Waals surface area contributed by atoms with E-state index in [0.717, 1.165) is 44.2 Å². The molecule has 0 aromatic heterocycles. The molecule has 1 atom stereocenters. The van der Waals surface area contributed by atoms with Gasteiger partial charge < -0.3 is 4.89 Å². The van der Waals surface area contributed by atoms with Crippen LogP contribution in [0.4, 0.5) is 0 Å². The molecule has 1 heterocycles. The van der Waals surface area contributed by atoms with Gasteiger partial charge in [0.15, 0.2) is 0 Å². The lowest BCUT2D eigenvalue weighted by Gasteiger charge is -2.53. The molecular formula is C50H59O4P. The molecule has 1 fully saturated rings. The van der Waals surface area contributed by atoms with Gasteiger partial charge in [-0.25, -0.2) is 13.6 Å². The fourth-order valence-electron chi connectivity index (χ4n) is 9.10. The minimum Gasteiger partial charge on any atom is -0.302 e. The maximum absolute atomic E-state index is 13.9. The first kappa shape index (κ1) is 39.4. The number of benzene rings is 5. The molecule has 4 nitrogen and oxygen atoms in total. The lowest BCUT2D eigenvalue weighted by Crippen LogP contribution is -2.52. The molecule has 0 radical (unpaired) electrons. The molecule has 5 aromatic rings. The largest absolute Gasteiger partial charge is 0.477 e. The first-order chi connectivity index (χ1) is 26.0. The summed E-state index contributed by atoms with van der Waals surface area (Å²) in [6.07, 6.45) is 0. The summed E-state index contributed by atoms with van der Waals surface area (Å²) in [5.74, 6) is -0.809. The first-order valence-corrected chi connectivity index (χ1v) is 21.9. The van der Waals surface area contributed by atoms with Crippen molar-refractivity contribution in [2.24, 2.45) is 0 Å². The summed E-state index contributed by atoms with van der Waals surface area (Å²) in [6.45, 7) is 27.2. The zero-order chi connectivity index (χ0) is 39.7. The Kier molecular flexibility index (Phi) is 10.5. The molecule has 7 rings (SSSR count). The maximum Gasteiger partial charge on any atom is 0.477 e. The highest BCUT2D eigenvalue weighted by molar-refractivity contribution is 7.48. The first-order valence-electron chi connectivity index (χ1n) is 20.4. The number of fused-ring (bicyclic) bond motifs is 2. The van der Waals surface area contributed by atoms with Crippen molar-refractivity contribution < 1.29 is 18.5 Å². The third kappa shape index (κ3) is 6.68. The van der Waals surface area contributed by atoms with E-state index in [2.05, 4.69) is 174 Å². The molecule has 5 aromatic carbocycles. The van der Waals surface area contributed by atoms with Crippen molar-refractivity contribution in [3.63, 3.8) is 0 Å². The van der Waals surface area contributed by atoms with Crippen molar-refractivity contribution in [3.05, 3.63) is 152 Å². The van der Waals surface area contributed by atoms with Crippen LogP contribution in [-0.2, 0) is 13.6 Å². The van der Waals surface area contributed by atoms with Gasteiger partial charge in [0.1, 0.15) is 0 Å². The highest BCUT2D eigenvalue weighted by atomic mass is 31.2. The van der Waals surface area contributed by atoms with Crippen molar-refractivity contribution in [3.8, 4) is 0 Å². The number of rotatable bonds is 9. The zero-order valence-electron chi connectivity index (χ0n) is 34.8. The van der Waals surface area contributed by atoms with Crippen LogP contribution in [0.3, 0.4) is 0 Å². The molecule has 1 N–H and O–H groups in total. The Labute approximate surface area is 329 Å². The Balaban J connectivity index is 1.79. The van der Waals surface area contributed by atoms with Crippen molar-refractivity contribution in [1.82, 2.24) is 0 Å². The standard InChI is InChI=1S/C50H59O4P/c1-28(2)35-24-41(30(5)6)45(42(25-35)31(7)8)47-38-21-15-16-22-40(38)48(39-23-17-19-34-18-13-14-20-37(34)39)50(53-55(51,52)54-50)49(47)46-43(32(9)10)26-36(29(3)4)27-44(46)33(11)12/h13-33,48H,1-12H3,(H,51,52). The number of phosphoric ester groups is 1. The molecule has 1 aliphatic heterocycles. The lowest BCUT2D eigenvalue weighted by molar-refractivity contribution is -0.182. The molecule has 0 amide bonds. The number of hydrogen-bond acceptors (Lipinski definition) is 3. The van der Waals surface area contributed by atoms with Crippen LogP contribution in [0.2, 0.25) is 0 Å². The van der Waals surface area contributed by atoms with E-state index in [0.29, 0.717) is 11.8 Å². The second kappa shape index (κ2) is 14.6. The molecule has 1 unspecified atom stereocenters. The maximum atomic E-state index is 13.9. The molecule has 1 saturated heterocycles. The average Bonchev–Trinajstić information content (AvgIpc) is 3.12. The van der Waals surface area contributed by atoms with Gasteiger partial charge in [0, 0.05) is 5.57 Å². The summed E-state index contributed by atoms with van der Waals surface area (Å²) in [4.78, 5) is 11.3. The van der Waals surface area contributed by atoms with E-state index in [1.165, 1.54) is 38.9 Å². The topological polar surface area (TPSA) is 55.8 Å². The predicted molar refractivity (Wildman–Crippen MR) is 230 cm³/mol. The number of hydrogen-bond donors (Lipinski definition) is 1. The van der Waals surface area contributed by atoms with E-state index in [-0.39, 0.29) is 23.7 Å². The summed E-state index contributed by atoms with van der Waals surface area (Å²) >= 11 is 0. The van der Waals surface area contributed by atoms with E-state index in [4.69, 9.17) is 9.05 Å². The second-order valence-corrected chi connectivity index (χ2v) is 19.0. The summed E-state index contributed by atoms with van der Waals surface area (Å²) in [5, 5.41) is 2.16. The number of phosphoric acid groups is 1.